The fourth-order valence-electron chi connectivity index (χ4n) is 1.39. The monoisotopic (exact) mass is 333 g/mol. The van der Waals surface area contributed by atoms with E-state index in [2.05, 4.69) is 25.8 Å². The Balaban J connectivity index is 2.37. The molecule has 2 rings (SSSR count). The maximum Gasteiger partial charge on any atom is 0.279 e. The van der Waals surface area contributed by atoms with Crippen molar-refractivity contribution >= 4 is 31.6 Å². The summed E-state index contributed by atoms with van der Waals surface area (Å²) in [5, 5.41) is 3.81. The lowest BCUT2D eigenvalue weighted by Gasteiger charge is -2.09. The van der Waals surface area contributed by atoms with Crippen LogP contribution in [0.3, 0.4) is 0 Å². The molecule has 0 saturated carbocycles. The van der Waals surface area contributed by atoms with Crippen molar-refractivity contribution in [3.63, 3.8) is 0 Å². The second kappa shape index (κ2) is 4.69. The highest BCUT2D eigenvalue weighted by atomic mass is 79.9. The summed E-state index contributed by atoms with van der Waals surface area (Å²) >= 11 is 3.09. The number of rotatable bonds is 3. The van der Waals surface area contributed by atoms with E-state index in [4.69, 9.17) is 0 Å². The van der Waals surface area contributed by atoms with Crippen molar-refractivity contribution in [3.8, 4) is 0 Å². The predicted octanol–water partition coefficient (Wildman–Crippen LogP) is 2.12. The number of sulfonamides is 1. The van der Waals surface area contributed by atoms with E-state index in [1.165, 1.54) is 42.2 Å². The van der Waals surface area contributed by atoms with Crippen molar-refractivity contribution in [2.75, 3.05) is 4.72 Å². The minimum Gasteiger partial charge on any atom is -0.277 e. The first-order chi connectivity index (χ1) is 8.40. The standard InChI is InChI=1S/C10H9BrFN3O2S/c1-15-10(4-5-13-15)18(16,17)14-9-3-2-7(12)6-8(9)11/h2-6,14H,1H3. The summed E-state index contributed by atoms with van der Waals surface area (Å²) in [6, 6.07) is 5.07. The molecule has 0 radical (unpaired) electrons. The number of aromatic nitrogens is 2. The number of nitrogens with zero attached hydrogens (tertiary/aromatic N) is 2. The molecule has 96 valence electrons. The van der Waals surface area contributed by atoms with E-state index in [9.17, 15) is 12.8 Å². The molecule has 5 nitrogen and oxygen atoms in total. The lowest BCUT2D eigenvalue weighted by atomic mass is 10.3. The summed E-state index contributed by atoms with van der Waals surface area (Å²) in [6.07, 6.45) is 1.38. The number of benzene rings is 1. The third-order valence-electron chi connectivity index (χ3n) is 2.23. The first kappa shape index (κ1) is 13.0. The van der Waals surface area contributed by atoms with Crippen LogP contribution < -0.4 is 4.72 Å². The van der Waals surface area contributed by atoms with E-state index in [1.54, 1.807) is 0 Å². The van der Waals surface area contributed by atoms with Crippen LogP contribution in [-0.2, 0) is 17.1 Å². The van der Waals surface area contributed by atoms with Crippen molar-refractivity contribution in [1.82, 2.24) is 9.78 Å². The number of aryl methyl sites for hydroxylation is 1. The Bertz CT molecular complexity index is 684. The van der Waals surface area contributed by atoms with Gasteiger partial charge >= 0.3 is 0 Å². The molecule has 0 spiro atoms. The Morgan fingerprint density at radius 1 is 1.39 bits per heavy atom. The fraction of sp³-hybridized carbons (Fsp3) is 0.100. The summed E-state index contributed by atoms with van der Waals surface area (Å²) in [7, 11) is -2.22. The van der Waals surface area contributed by atoms with E-state index in [0.29, 0.717) is 4.47 Å². The summed E-state index contributed by atoms with van der Waals surface area (Å²) in [5.41, 5.74) is 0.262. The van der Waals surface area contributed by atoms with Crippen molar-refractivity contribution < 1.29 is 12.8 Å². The molecule has 2 aromatic rings. The van der Waals surface area contributed by atoms with Gasteiger partial charge in [0.15, 0.2) is 5.03 Å². The lowest BCUT2D eigenvalue weighted by Crippen LogP contribution is -2.16. The molecule has 1 N–H and O–H groups in total. The van der Waals surface area contributed by atoms with E-state index in [1.807, 2.05) is 0 Å². The Labute approximate surface area is 112 Å². The molecule has 0 aliphatic carbocycles. The van der Waals surface area contributed by atoms with Gasteiger partial charge in [-0.1, -0.05) is 0 Å². The highest BCUT2D eigenvalue weighted by Crippen LogP contribution is 2.25. The minimum atomic E-state index is -3.74. The van der Waals surface area contributed by atoms with Crippen LogP contribution in [0.25, 0.3) is 0 Å². The normalized spacial score (nSPS) is 11.5. The van der Waals surface area contributed by atoms with Gasteiger partial charge in [0.1, 0.15) is 5.82 Å². The molecule has 0 fully saturated rings. The highest BCUT2D eigenvalue weighted by Gasteiger charge is 2.19. The first-order valence-corrected chi connectivity index (χ1v) is 7.13. The van der Waals surface area contributed by atoms with Crippen molar-refractivity contribution in [1.29, 1.82) is 0 Å². The molecule has 0 saturated heterocycles. The third kappa shape index (κ3) is 2.54. The molecule has 0 unspecified atom stereocenters. The molecule has 0 amide bonds. The second-order valence-electron chi connectivity index (χ2n) is 3.52. The first-order valence-electron chi connectivity index (χ1n) is 4.86. The molecular weight excluding hydrogens is 325 g/mol. The van der Waals surface area contributed by atoms with Gasteiger partial charge in [-0.2, -0.15) is 13.5 Å². The topological polar surface area (TPSA) is 64.0 Å². The van der Waals surface area contributed by atoms with Gasteiger partial charge in [-0.15, -0.1) is 0 Å². The van der Waals surface area contributed by atoms with E-state index >= 15 is 0 Å². The molecule has 8 heteroatoms. The molecule has 18 heavy (non-hydrogen) atoms. The number of nitrogens with one attached hydrogen (secondary N) is 1. The van der Waals surface area contributed by atoms with Gasteiger partial charge in [-0.05, 0) is 40.2 Å². The predicted molar refractivity (Wildman–Crippen MR) is 68.1 cm³/mol. The Hall–Kier alpha value is -1.41. The quantitative estimate of drug-likeness (QED) is 0.935. The van der Waals surface area contributed by atoms with Crippen LogP contribution in [0, 0.1) is 5.82 Å². The second-order valence-corrected chi connectivity index (χ2v) is 6.01. The van der Waals surface area contributed by atoms with Crippen LogP contribution in [0.1, 0.15) is 0 Å². The zero-order valence-electron chi connectivity index (χ0n) is 9.26. The maximum absolute atomic E-state index is 12.9. The third-order valence-corrected chi connectivity index (χ3v) is 4.32. The average Bonchev–Trinajstić information content (AvgIpc) is 2.69. The summed E-state index contributed by atoms with van der Waals surface area (Å²) in [4.78, 5) is 0. The number of hydrogen-bond donors (Lipinski definition) is 1. The lowest BCUT2D eigenvalue weighted by molar-refractivity contribution is 0.582. The van der Waals surface area contributed by atoms with E-state index < -0.39 is 15.8 Å². The van der Waals surface area contributed by atoms with Gasteiger partial charge in [0.25, 0.3) is 10.0 Å². The summed E-state index contributed by atoms with van der Waals surface area (Å²) < 4.78 is 40.9. The fourth-order valence-corrected chi connectivity index (χ4v) is 3.18. The Kier molecular flexibility index (Phi) is 3.40. The van der Waals surface area contributed by atoms with Crippen molar-refractivity contribution in [2.45, 2.75) is 5.03 Å². The summed E-state index contributed by atoms with van der Waals surface area (Å²) in [6.45, 7) is 0. The van der Waals surface area contributed by atoms with Gasteiger partial charge in [0.2, 0.25) is 0 Å². The smallest absolute Gasteiger partial charge is 0.277 e. The molecule has 0 aliphatic rings. The van der Waals surface area contributed by atoms with Crippen LogP contribution in [0.5, 0.6) is 0 Å². The summed E-state index contributed by atoms with van der Waals surface area (Å²) in [5.74, 6) is -0.453. The molecular formula is C10H9BrFN3O2S. The molecule has 0 bridgehead atoms. The van der Waals surface area contributed by atoms with Crippen LogP contribution >= 0.6 is 15.9 Å². The van der Waals surface area contributed by atoms with Crippen molar-refractivity contribution in [3.05, 3.63) is 40.8 Å². The zero-order valence-corrected chi connectivity index (χ0v) is 11.7. The Morgan fingerprint density at radius 3 is 2.67 bits per heavy atom. The highest BCUT2D eigenvalue weighted by molar-refractivity contribution is 9.10. The van der Waals surface area contributed by atoms with Crippen LogP contribution in [-0.4, -0.2) is 18.2 Å². The van der Waals surface area contributed by atoms with Crippen molar-refractivity contribution in [2.24, 2.45) is 7.05 Å². The SMILES string of the molecule is Cn1nccc1S(=O)(=O)Nc1ccc(F)cc1Br. The molecule has 1 aromatic carbocycles. The number of halogens is 2. The van der Waals surface area contributed by atoms with E-state index in [-0.39, 0.29) is 10.7 Å². The van der Waals surface area contributed by atoms with Crippen LogP contribution in [0.15, 0.2) is 40.0 Å². The molecule has 0 aliphatic heterocycles. The molecule has 1 aromatic heterocycles. The van der Waals surface area contributed by atoms with Gasteiger partial charge in [0, 0.05) is 11.5 Å². The minimum absolute atomic E-state index is 0.0266. The largest absolute Gasteiger partial charge is 0.279 e. The van der Waals surface area contributed by atoms with Crippen LogP contribution in [0.4, 0.5) is 10.1 Å². The zero-order chi connectivity index (χ0) is 13.3. The maximum atomic E-state index is 12.9. The average molecular weight is 334 g/mol. The van der Waals surface area contributed by atoms with Gasteiger partial charge in [-0.3, -0.25) is 9.40 Å². The molecule has 1 heterocycles. The number of anilines is 1. The van der Waals surface area contributed by atoms with E-state index in [0.717, 1.165) is 0 Å². The van der Waals surface area contributed by atoms with Crippen LogP contribution in [0.2, 0.25) is 0 Å². The number of hydrogen-bond acceptors (Lipinski definition) is 3. The van der Waals surface area contributed by atoms with Gasteiger partial charge in [-0.25, -0.2) is 4.39 Å². The van der Waals surface area contributed by atoms with Gasteiger partial charge < -0.3 is 0 Å². The van der Waals surface area contributed by atoms with Gasteiger partial charge in [0.05, 0.1) is 11.9 Å². The molecule has 0 atom stereocenters. The Morgan fingerprint density at radius 2 is 2.11 bits per heavy atom.